The number of nitrogens with one attached hydrogen (secondary N) is 2. The number of hydrogen-bond acceptors (Lipinski definition) is 5. The number of rotatable bonds is 7. The minimum atomic E-state index is -0.239. The lowest BCUT2D eigenvalue weighted by Crippen LogP contribution is -2.42. The average molecular weight is 400 g/mol. The molecule has 0 fully saturated rings. The highest BCUT2D eigenvalue weighted by Crippen LogP contribution is 2.26. The minimum absolute atomic E-state index is 0.0482. The number of fused-ring (bicyclic) bond motifs is 1. The van der Waals surface area contributed by atoms with E-state index in [-0.39, 0.29) is 11.9 Å². The standard InChI is InChI=1S/C20H28N6O3/c1-4-21-20(28)25-11-9-16-15(13-25)7-5-8-17(16)26-14(2)18(23-24-26)19(27)22-10-6-12-29-3/h5,7-8H,4,6,9-13H2,1-3H3,(H,21,28)(H,22,27). The van der Waals surface area contributed by atoms with Gasteiger partial charge in [0.15, 0.2) is 5.69 Å². The molecule has 0 aliphatic carbocycles. The Kier molecular flexibility index (Phi) is 6.82. The van der Waals surface area contributed by atoms with Crippen molar-refractivity contribution in [1.29, 1.82) is 0 Å². The third-order valence-electron chi connectivity index (χ3n) is 5.01. The fourth-order valence-electron chi connectivity index (χ4n) is 3.49. The largest absolute Gasteiger partial charge is 0.385 e. The normalized spacial score (nSPS) is 13.1. The van der Waals surface area contributed by atoms with E-state index >= 15 is 0 Å². The van der Waals surface area contributed by atoms with Gasteiger partial charge in [-0.15, -0.1) is 5.10 Å². The molecule has 3 amide bonds. The molecule has 9 nitrogen and oxygen atoms in total. The highest BCUT2D eigenvalue weighted by atomic mass is 16.5. The molecule has 0 saturated heterocycles. The zero-order valence-electron chi connectivity index (χ0n) is 17.2. The van der Waals surface area contributed by atoms with E-state index < -0.39 is 0 Å². The summed E-state index contributed by atoms with van der Waals surface area (Å²) in [5.41, 5.74) is 4.13. The summed E-state index contributed by atoms with van der Waals surface area (Å²) in [4.78, 5) is 26.4. The lowest BCUT2D eigenvalue weighted by Gasteiger charge is -2.30. The molecule has 0 bridgehead atoms. The van der Waals surface area contributed by atoms with E-state index in [1.807, 2.05) is 36.9 Å². The van der Waals surface area contributed by atoms with Crippen LogP contribution in [-0.2, 0) is 17.7 Å². The van der Waals surface area contributed by atoms with Crippen molar-refractivity contribution in [3.05, 3.63) is 40.7 Å². The smallest absolute Gasteiger partial charge is 0.317 e. The van der Waals surface area contributed by atoms with Gasteiger partial charge >= 0.3 is 6.03 Å². The Hall–Kier alpha value is -2.94. The van der Waals surface area contributed by atoms with Crippen LogP contribution in [0.1, 0.15) is 40.7 Å². The molecular formula is C20H28N6O3. The maximum absolute atomic E-state index is 12.4. The molecule has 0 atom stereocenters. The Labute approximate surface area is 170 Å². The number of ether oxygens (including phenoxy) is 1. The van der Waals surface area contributed by atoms with Gasteiger partial charge in [-0.25, -0.2) is 9.48 Å². The van der Waals surface area contributed by atoms with Crippen LogP contribution in [0.25, 0.3) is 5.69 Å². The Morgan fingerprint density at radius 2 is 2.10 bits per heavy atom. The quantitative estimate of drug-likeness (QED) is 0.685. The number of aromatic nitrogens is 3. The Balaban J connectivity index is 1.79. The van der Waals surface area contributed by atoms with Gasteiger partial charge in [-0.2, -0.15) is 0 Å². The van der Waals surface area contributed by atoms with Crippen molar-refractivity contribution in [2.24, 2.45) is 0 Å². The molecule has 0 radical (unpaired) electrons. The van der Waals surface area contributed by atoms with Crippen molar-refractivity contribution >= 4 is 11.9 Å². The number of benzene rings is 1. The number of urea groups is 1. The predicted molar refractivity (Wildman–Crippen MR) is 108 cm³/mol. The molecule has 1 aromatic heterocycles. The first-order chi connectivity index (χ1) is 14.1. The molecule has 156 valence electrons. The highest BCUT2D eigenvalue weighted by molar-refractivity contribution is 5.93. The van der Waals surface area contributed by atoms with E-state index in [1.165, 1.54) is 0 Å². The van der Waals surface area contributed by atoms with Crippen LogP contribution in [0.2, 0.25) is 0 Å². The lowest BCUT2D eigenvalue weighted by molar-refractivity contribution is 0.0943. The summed E-state index contributed by atoms with van der Waals surface area (Å²) in [6, 6.07) is 5.90. The summed E-state index contributed by atoms with van der Waals surface area (Å²) < 4.78 is 6.70. The lowest BCUT2D eigenvalue weighted by atomic mass is 9.98. The van der Waals surface area contributed by atoms with Gasteiger partial charge in [-0.3, -0.25) is 4.79 Å². The first-order valence-electron chi connectivity index (χ1n) is 9.90. The summed E-state index contributed by atoms with van der Waals surface area (Å²) >= 11 is 0. The summed E-state index contributed by atoms with van der Waals surface area (Å²) in [6.45, 7) is 6.66. The second-order valence-corrected chi connectivity index (χ2v) is 6.96. The van der Waals surface area contributed by atoms with Crippen molar-refractivity contribution in [1.82, 2.24) is 30.5 Å². The molecule has 3 rings (SSSR count). The van der Waals surface area contributed by atoms with E-state index in [0.717, 1.165) is 29.7 Å². The zero-order chi connectivity index (χ0) is 20.8. The van der Waals surface area contributed by atoms with Gasteiger partial charge in [-0.05, 0) is 43.9 Å². The summed E-state index contributed by atoms with van der Waals surface area (Å²) in [6.07, 6.45) is 1.46. The second-order valence-electron chi connectivity index (χ2n) is 6.96. The third kappa shape index (κ3) is 4.56. The topological polar surface area (TPSA) is 101 Å². The van der Waals surface area contributed by atoms with Crippen molar-refractivity contribution < 1.29 is 14.3 Å². The van der Waals surface area contributed by atoms with Gasteiger partial charge in [0.25, 0.3) is 5.91 Å². The van der Waals surface area contributed by atoms with Crippen LogP contribution in [0, 0.1) is 6.92 Å². The van der Waals surface area contributed by atoms with Crippen LogP contribution < -0.4 is 10.6 Å². The van der Waals surface area contributed by atoms with E-state index in [0.29, 0.717) is 44.2 Å². The van der Waals surface area contributed by atoms with Crippen molar-refractivity contribution in [3.63, 3.8) is 0 Å². The average Bonchev–Trinajstić information content (AvgIpc) is 3.11. The predicted octanol–water partition coefficient (Wildman–Crippen LogP) is 1.43. The van der Waals surface area contributed by atoms with Gasteiger partial charge in [0.1, 0.15) is 0 Å². The van der Waals surface area contributed by atoms with E-state index in [1.54, 1.807) is 11.8 Å². The second kappa shape index (κ2) is 9.51. The number of methoxy groups -OCH3 is 1. The molecule has 0 unspecified atom stereocenters. The third-order valence-corrected chi connectivity index (χ3v) is 5.01. The Morgan fingerprint density at radius 1 is 1.28 bits per heavy atom. The number of carbonyl (C=O) groups excluding carboxylic acids is 2. The van der Waals surface area contributed by atoms with E-state index in [2.05, 4.69) is 20.9 Å². The number of carbonyl (C=O) groups is 2. The number of hydrogen-bond donors (Lipinski definition) is 2. The summed E-state index contributed by atoms with van der Waals surface area (Å²) in [7, 11) is 1.63. The molecule has 2 aromatic rings. The molecular weight excluding hydrogens is 372 g/mol. The van der Waals surface area contributed by atoms with Gasteiger partial charge in [0.05, 0.1) is 11.4 Å². The van der Waals surface area contributed by atoms with Crippen LogP contribution in [0.5, 0.6) is 0 Å². The SMILES string of the molecule is CCNC(=O)N1CCc2c(cccc2-n2nnc(C(=O)NCCCOC)c2C)C1. The molecule has 1 aliphatic heterocycles. The minimum Gasteiger partial charge on any atom is -0.385 e. The van der Waals surface area contributed by atoms with Crippen LogP contribution >= 0.6 is 0 Å². The Bertz CT molecular complexity index is 879. The van der Waals surface area contributed by atoms with Crippen LogP contribution in [0.15, 0.2) is 18.2 Å². The van der Waals surface area contributed by atoms with Crippen LogP contribution in [0.3, 0.4) is 0 Å². The van der Waals surface area contributed by atoms with Gasteiger partial charge < -0.3 is 20.3 Å². The summed E-state index contributed by atoms with van der Waals surface area (Å²) in [5, 5.41) is 14.0. The van der Waals surface area contributed by atoms with Crippen molar-refractivity contribution in [2.45, 2.75) is 33.2 Å². The van der Waals surface area contributed by atoms with Gasteiger partial charge in [0, 0.05) is 39.9 Å². The molecule has 2 heterocycles. The molecule has 1 aromatic carbocycles. The first-order valence-corrected chi connectivity index (χ1v) is 9.90. The molecule has 29 heavy (non-hydrogen) atoms. The van der Waals surface area contributed by atoms with Gasteiger partial charge in [0.2, 0.25) is 0 Å². The maximum Gasteiger partial charge on any atom is 0.317 e. The van der Waals surface area contributed by atoms with E-state index in [9.17, 15) is 9.59 Å². The van der Waals surface area contributed by atoms with Crippen LogP contribution in [0.4, 0.5) is 4.79 Å². The molecule has 1 aliphatic rings. The van der Waals surface area contributed by atoms with Crippen molar-refractivity contribution in [3.8, 4) is 5.69 Å². The number of amides is 3. The molecule has 0 spiro atoms. The van der Waals surface area contributed by atoms with Crippen molar-refractivity contribution in [2.75, 3.05) is 33.4 Å². The molecule has 9 heteroatoms. The molecule has 2 N–H and O–H groups in total. The molecule has 0 saturated carbocycles. The maximum atomic E-state index is 12.4. The zero-order valence-corrected chi connectivity index (χ0v) is 17.2. The van der Waals surface area contributed by atoms with Gasteiger partial charge in [-0.1, -0.05) is 17.3 Å². The number of nitrogens with zero attached hydrogens (tertiary/aromatic N) is 4. The monoisotopic (exact) mass is 400 g/mol. The first kappa shape index (κ1) is 20.8. The Morgan fingerprint density at radius 3 is 2.86 bits per heavy atom. The van der Waals surface area contributed by atoms with Crippen LogP contribution in [-0.4, -0.2) is 65.2 Å². The fourth-order valence-corrected chi connectivity index (χ4v) is 3.49. The fraction of sp³-hybridized carbons (Fsp3) is 0.500. The highest BCUT2D eigenvalue weighted by Gasteiger charge is 2.24. The van der Waals surface area contributed by atoms with E-state index in [4.69, 9.17) is 4.74 Å². The summed E-state index contributed by atoms with van der Waals surface area (Å²) in [5.74, 6) is -0.239.